The number of amides is 1. The van der Waals surface area contributed by atoms with Gasteiger partial charge < -0.3 is 19.9 Å². The summed E-state index contributed by atoms with van der Waals surface area (Å²) in [6.45, 7) is 8.59. The summed E-state index contributed by atoms with van der Waals surface area (Å²) in [4.78, 5) is 15.3. The molecule has 1 aliphatic heterocycles. The van der Waals surface area contributed by atoms with E-state index >= 15 is 0 Å². The van der Waals surface area contributed by atoms with Crippen LogP contribution in [0.2, 0.25) is 0 Å². The number of halogens is 1. The van der Waals surface area contributed by atoms with E-state index in [1.165, 1.54) is 22.5 Å². The number of hydrogen-bond acceptors (Lipinski definition) is 2. The van der Waals surface area contributed by atoms with Crippen LogP contribution in [-0.4, -0.2) is 45.2 Å². The fourth-order valence-corrected chi connectivity index (χ4v) is 3.72. The van der Waals surface area contributed by atoms with Crippen molar-refractivity contribution >= 4 is 11.6 Å². The molecule has 5 nitrogen and oxygen atoms in total. The van der Waals surface area contributed by atoms with Gasteiger partial charge in [0.05, 0.1) is 7.11 Å². The molecule has 150 valence electrons. The number of nitrogens with one attached hydrogen (secondary N) is 3. The first-order chi connectivity index (χ1) is 13.5. The van der Waals surface area contributed by atoms with Crippen molar-refractivity contribution in [2.75, 3.05) is 38.6 Å². The van der Waals surface area contributed by atoms with Crippen LogP contribution in [0.5, 0.6) is 5.75 Å². The molecule has 1 heterocycles. The summed E-state index contributed by atoms with van der Waals surface area (Å²) in [5.74, 6) is 0.0195. The largest absolute Gasteiger partial charge is 0.494 e. The first-order valence-corrected chi connectivity index (χ1v) is 9.84. The fourth-order valence-electron chi connectivity index (χ4n) is 3.72. The maximum absolute atomic E-state index is 13.9. The van der Waals surface area contributed by atoms with Crippen molar-refractivity contribution in [1.29, 1.82) is 0 Å². The summed E-state index contributed by atoms with van der Waals surface area (Å²) in [7, 11) is 1.47. The van der Waals surface area contributed by atoms with E-state index in [1.807, 2.05) is 44.2 Å². The summed E-state index contributed by atoms with van der Waals surface area (Å²) in [5.41, 5.74) is 2.99. The summed E-state index contributed by atoms with van der Waals surface area (Å²) < 4.78 is 18.9. The summed E-state index contributed by atoms with van der Waals surface area (Å²) in [6, 6.07) is 12.9. The van der Waals surface area contributed by atoms with Crippen molar-refractivity contribution in [3.63, 3.8) is 0 Å². The standard InChI is InChI=1S/C22H28FN3O2/c1-16-4-7-19(8-5-16)24-22(27)17(2)26-12-10-25(11-13-26)15-18-6-9-21(28-3)20(23)14-18/h4-9,14,17H,10-13,15H2,1-3H3,(H,24,27)/p+2/t17-/m0/s1. The number of piperazine rings is 1. The molecule has 0 spiro atoms. The number of methoxy groups -OCH3 is 1. The van der Waals surface area contributed by atoms with Gasteiger partial charge in [0.1, 0.15) is 32.7 Å². The minimum absolute atomic E-state index is 0.0551. The smallest absolute Gasteiger partial charge is 0.282 e. The minimum Gasteiger partial charge on any atom is -0.494 e. The third-order valence-electron chi connectivity index (χ3n) is 5.59. The number of hydrogen-bond donors (Lipinski definition) is 3. The first kappa shape index (κ1) is 20.3. The second kappa shape index (κ2) is 9.17. The average molecular weight is 387 g/mol. The zero-order valence-corrected chi connectivity index (χ0v) is 16.8. The topological polar surface area (TPSA) is 47.2 Å². The number of carbonyl (C=O) groups is 1. The highest BCUT2D eigenvalue weighted by Crippen LogP contribution is 2.17. The van der Waals surface area contributed by atoms with Gasteiger partial charge in [-0.3, -0.25) is 4.79 Å². The molecular formula is C22H30FN3O2+2. The van der Waals surface area contributed by atoms with E-state index in [2.05, 4.69) is 5.32 Å². The molecule has 1 aliphatic rings. The average Bonchev–Trinajstić information content (AvgIpc) is 2.70. The second-order valence-electron chi connectivity index (χ2n) is 7.63. The van der Waals surface area contributed by atoms with Crippen LogP contribution in [0.15, 0.2) is 42.5 Å². The van der Waals surface area contributed by atoms with E-state index in [0.29, 0.717) is 0 Å². The van der Waals surface area contributed by atoms with Crippen molar-refractivity contribution < 1.29 is 23.7 Å². The van der Waals surface area contributed by atoms with Gasteiger partial charge in [-0.25, -0.2) is 4.39 Å². The van der Waals surface area contributed by atoms with Gasteiger partial charge in [0.2, 0.25) is 0 Å². The summed E-state index contributed by atoms with van der Waals surface area (Å²) in [6.07, 6.45) is 0. The van der Waals surface area contributed by atoms with E-state index in [9.17, 15) is 9.18 Å². The molecule has 0 aliphatic carbocycles. The monoisotopic (exact) mass is 387 g/mol. The van der Waals surface area contributed by atoms with E-state index < -0.39 is 0 Å². The molecule has 0 radical (unpaired) electrons. The molecule has 0 bridgehead atoms. The van der Waals surface area contributed by atoms with Crippen LogP contribution in [-0.2, 0) is 11.3 Å². The zero-order chi connectivity index (χ0) is 20.1. The Morgan fingerprint density at radius 2 is 1.82 bits per heavy atom. The lowest BCUT2D eigenvalue weighted by Crippen LogP contribution is -3.29. The molecule has 1 fully saturated rings. The quantitative estimate of drug-likeness (QED) is 0.674. The maximum atomic E-state index is 13.9. The molecule has 6 heteroatoms. The Labute approximate surface area is 166 Å². The lowest BCUT2D eigenvalue weighted by atomic mass is 10.1. The van der Waals surface area contributed by atoms with E-state index in [0.717, 1.165) is 44.0 Å². The number of carbonyl (C=O) groups excluding carboxylic acids is 1. The highest BCUT2D eigenvalue weighted by atomic mass is 19.1. The fraction of sp³-hybridized carbons (Fsp3) is 0.409. The van der Waals surface area contributed by atoms with E-state index in [4.69, 9.17) is 4.74 Å². The van der Waals surface area contributed by atoms with Gasteiger partial charge in [0.15, 0.2) is 17.6 Å². The molecular weight excluding hydrogens is 357 g/mol. The van der Waals surface area contributed by atoms with Crippen LogP contribution in [0.3, 0.4) is 0 Å². The zero-order valence-electron chi connectivity index (χ0n) is 16.8. The molecule has 1 saturated heterocycles. The Morgan fingerprint density at radius 1 is 1.14 bits per heavy atom. The van der Waals surface area contributed by atoms with Gasteiger partial charge in [-0.2, -0.15) is 0 Å². The molecule has 0 unspecified atom stereocenters. The predicted molar refractivity (Wildman–Crippen MR) is 107 cm³/mol. The Hall–Kier alpha value is -2.44. The summed E-state index contributed by atoms with van der Waals surface area (Å²) >= 11 is 0. The molecule has 1 amide bonds. The first-order valence-electron chi connectivity index (χ1n) is 9.84. The van der Waals surface area contributed by atoms with Gasteiger partial charge in [-0.05, 0) is 44.2 Å². The van der Waals surface area contributed by atoms with Crippen LogP contribution in [0, 0.1) is 12.7 Å². The lowest BCUT2D eigenvalue weighted by molar-refractivity contribution is -1.02. The van der Waals surface area contributed by atoms with Crippen LogP contribution in [0.4, 0.5) is 10.1 Å². The minimum atomic E-state index is -0.315. The predicted octanol–water partition coefficient (Wildman–Crippen LogP) is 0.453. The second-order valence-corrected chi connectivity index (χ2v) is 7.63. The molecule has 0 aromatic heterocycles. The maximum Gasteiger partial charge on any atom is 0.282 e. The van der Waals surface area contributed by atoms with Crippen LogP contribution < -0.4 is 19.9 Å². The van der Waals surface area contributed by atoms with Crippen LogP contribution in [0.1, 0.15) is 18.1 Å². The Balaban J connectivity index is 1.49. The van der Waals surface area contributed by atoms with Crippen molar-refractivity contribution in [2.45, 2.75) is 26.4 Å². The number of benzene rings is 2. The molecule has 2 aromatic rings. The van der Waals surface area contributed by atoms with Crippen molar-refractivity contribution in [1.82, 2.24) is 0 Å². The Morgan fingerprint density at radius 3 is 2.43 bits per heavy atom. The number of rotatable bonds is 6. The number of quaternary nitrogens is 2. The molecule has 3 rings (SSSR count). The van der Waals surface area contributed by atoms with Gasteiger partial charge in [-0.1, -0.05) is 17.7 Å². The van der Waals surface area contributed by atoms with Crippen LogP contribution >= 0.6 is 0 Å². The van der Waals surface area contributed by atoms with E-state index in [-0.39, 0.29) is 23.5 Å². The molecule has 2 aromatic carbocycles. The van der Waals surface area contributed by atoms with E-state index in [1.54, 1.807) is 12.1 Å². The van der Waals surface area contributed by atoms with Crippen LogP contribution in [0.25, 0.3) is 0 Å². The molecule has 1 atom stereocenters. The van der Waals surface area contributed by atoms with Gasteiger partial charge >= 0.3 is 0 Å². The highest BCUT2D eigenvalue weighted by Gasteiger charge is 2.31. The Bertz CT molecular complexity index is 802. The number of anilines is 1. The molecule has 3 N–H and O–H groups in total. The normalized spacial score (nSPS) is 20.4. The van der Waals surface area contributed by atoms with Gasteiger partial charge in [-0.15, -0.1) is 0 Å². The van der Waals surface area contributed by atoms with Crippen molar-refractivity contribution in [3.05, 3.63) is 59.4 Å². The SMILES string of the molecule is COc1ccc(C[NH+]2CC[NH+]([C@@H](C)C(=O)Nc3ccc(C)cc3)CC2)cc1F. The van der Waals surface area contributed by atoms with Gasteiger partial charge in [0, 0.05) is 11.3 Å². The van der Waals surface area contributed by atoms with Crippen molar-refractivity contribution in [2.24, 2.45) is 0 Å². The molecule has 28 heavy (non-hydrogen) atoms. The summed E-state index contributed by atoms with van der Waals surface area (Å²) in [5, 5.41) is 3.01. The number of ether oxygens (including phenoxy) is 1. The highest BCUT2D eigenvalue weighted by molar-refractivity contribution is 5.93. The lowest BCUT2D eigenvalue weighted by Gasteiger charge is -2.32. The number of aryl methyl sites for hydroxylation is 1. The molecule has 0 saturated carbocycles. The van der Waals surface area contributed by atoms with Crippen molar-refractivity contribution in [3.8, 4) is 5.75 Å². The third-order valence-corrected chi connectivity index (χ3v) is 5.59. The van der Waals surface area contributed by atoms with Gasteiger partial charge in [0.25, 0.3) is 5.91 Å². The third kappa shape index (κ3) is 5.09. The Kier molecular flexibility index (Phi) is 6.65.